The summed E-state index contributed by atoms with van der Waals surface area (Å²) in [5, 5.41) is -0.782. The molecule has 0 bridgehead atoms. The predicted octanol–water partition coefficient (Wildman–Crippen LogP) is 0.117. The number of guanidine groups is 1. The molecule has 4 N–H and O–H groups in total. The molecule has 0 aromatic rings. The average Bonchev–Trinajstić information content (AvgIpc) is 2.54. The molecular weight excluding hydrogens is 292 g/mol. The molecule has 2 atom stereocenters. The number of carbonyl (C=O) groups excluding carboxylic acids is 1. The molecule has 0 saturated heterocycles. The number of nitrogens with two attached hydrogens (primary N) is 2. The third kappa shape index (κ3) is 2.27. The molecule has 1 amide bonds. The van der Waals surface area contributed by atoms with Gasteiger partial charge < -0.3 is 11.5 Å². The Balaban J connectivity index is 2.47. The van der Waals surface area contributed by atoms with Crippen LogP contribution in [-0.4, -0.2) is 36.1 Å². The van der Waals surface area contributed by atoms with Crippen LogP contribution in [0.4, 0.5) is 0 Å². The Morgan fingerprint density at radius 2 is 2.10 bits per heavy atom. The molecule has 2 rings (SSSR count). The molecule has 116 valence electrons. The van der Waals surface area contributed by atoms with E-state index in [1.165, 1.54) is 0 Å². The molecule has 0 radical (unpaired) electrons. The van der Waals surface area contributed by atoms with Gasteiger partial charge >= 0.3 is 0 Å². The maximum Gasteiger partial charge on any atom is 0.258 e. The van der Waals surface area contributed by atoms with Crippen LogP contribution in [0.25, 0.3) is 0 Å². The summed E-state index contributed by atoms with van der Waals surface area (Å²) in [6, 6.07) is 0. The van der Waals surface area contributed by atoms with E-state index in [0.29, 0.717) is 12.1 Å². The third-order valence-electron chi connectivity index (χ3n) is 4.21. The molecule has 0 aromatic carbocycles. The highest BCUT2D eigenvalue weighted by atomic mass is 32.2. The molecule has 21 heavy (non-hydrogen) atoms. The van der Waals surface area contributed by atoms with Gasteiger partial charge in [0.1, 0.15) is 5.25 Å². The minimum atomic E-state index is -3.49. The predicted molar refractivity (Wildman–Crippen MR) is 81.5 cm³/mol. The molecule has 0 aromatic heterocycles. The lowest BCUT2D eigenvalue weighted by Gasteiger charge is -2.32. The number of fused-ring (bicyclic) bond motifs is 1. The van der Waals surface area contributed by atoms with Gasteiger partial charge in [0.15, 0.2) is 20.7 Å². The summed E-state index contributed by atoms with van der Waals surface area (Å²) in [6.45, 7) is 4.93. The summed E-state index contributed by atoms with van der Waals surface area (Å²) in [7, 11) is -3.49. The first-order chi connectivity index (χ1) is 9.56. The lowest BCUT2D eigenvalue weighted by molar-refractivity contribution is -0.125. The summed E-state index contributed by atoms with van der Waals surface area (Å²) in [4.78, 5) is 19.0. The number of carbonyl (C=O) groups is 1. The normalized spacial score (nSPS) is 32.1. The molecule has 0 fully saturated rings. The third-order valence-corrected chi connectivity index (χ3v) is 6.85. The number of nitrogens with zero attached hydrogens (tertiary/aromatic N) is 2. The van der Waals surface area contributed by atoms with E-state index in [0.717, 1.165) is 0 Å². The van der Waals surface area contributed by atoms with Crippen molar-refractivity contribution in [3.63, 3.8) is 0 Å². The Morgan fingerprint density at radius 1 is 1.48 bits per heavy atom. The Bertz CT molecular complexity index is 672. The van der Waals surface area contributed by atoms with Gasteiger partial charge in [-0.1, -0.05) is 13.0 Å². The summed E-state index contributed by atoms with van der Waals surface area (Å²) >= 11 is 0. The van der Waals surface area contributed by atoms with E-state index in [-0.39, 0.29) is 12.4 Å². The van der Waals surface area contributed by atoms with Gasteiger partial charge in [-0.25, -0.2) is 8.42 Å². The van der Waals surface area contributed by atoms with Gasteiger partial charge in [0, 0.05) is 0 Å². The quantitative estimate of drug-likeness (QED) is 0.552. The molecule has 2 aliphatic rings. The van der Waals surface area contributed by atoms with Crippen molar-refractivity contribution in [3.8, 4) is 0 Å². The maximum absolute atomic E-state index is 12.6. The van der Waals surface area contributed by atoms with Crippen molar-refractivity contribution in [1.29, 1.82) is 0 Å². The lowest BCUT2D eigenvalue weighted by atomic mass is 9.75. The Kier molecular flexibility index (Phi) is 3.48. The van der Waals surface area contributed by atoms with Crippen LogP contribution in [0, 0.1) is 5.41 Å². The van der Waals surface area contributed by atoms with E-state index in [1.807, 2.05) is 0 Å². The minimum Gasteiger partial charge on any atom is -0.370 e. The Labute approximate surface area is 124 Å². The number of amides is 1. The standard InChI is InChI=1S/C13H20N4O3S/c1-4-13(10(18)16-11(14)15)6-5-8-9(7-13)21(19,20)12(2,3)17-8/h5-6,9H,4,7H2,1-3H3,(H4,14,15,16,18). The van der Waals surface area contributed by atoms with Crippen LogP contribution in [-0.2, 0) is 14.6 Å². The van der Waals surface area contributed by atoms with Crippen molar-refractivity contribution in [1.82, 2.24) is 0 Å². The number of allylic oxidation sites excluding steroid dienone is 1. The first-order valence-electron chi connectivity index (χ1n) is 6.72. The average molecular weight is 312 g/mol. The van der Waals surface area contributed by atoms with Crippen molar-refractivity contribution in [2.45, 2.75) is 43.7 Å². The molecule has 0 spiro atoms. The molecule has 8 heteroatoms. The highest BCUT2D eigenvalue weighted by Gasteiger charge is 2.54. The van der Waals surface area contributed by atoms with Crippen molar-refractivity contribution in [3.05, 3.63) is 12.2 Å². The molecule has 2 unspecified atom stereocenters. The van der Waals surface area contributed by atoms with Gasteiger partial charge in [0.25, 0.3) is 5.91 Å². The highest BCUT2D eigenvalue weighted by molar-refractivity contribution is 7.94. The van der Waals surface area contributed by atoms with Gasteiger partial charge in [0.2, 0.25) is 0 Å². The fourth-order valence-electron chi connectivity index (χ4n) is 2.76. The summed E-state index contributed by atoms with van der Waals surface area (Å²) in [5.41, 5.74) is 10.0. The second-order valence-electron chi connectivity index (χ2n) is 5.91. The molecule has 1 heterocycles. The number of hydrogen-bond acceptors (Lipinski definition) is 4. The molecule has 7 nitrogen and oxygen atoms in total. The topological polar surface area (TPSA) is 128 Å². The maximum atomic E-state index is 12.6. The second-order valence-corrected chi connectivity index (χ2v) is 8.56. The zero-order valence-corrected chi connectivity index (χ0v) is 13.1. The zero-order chi connectivity index (χ0) is 16.1. The van der Waals surface area contributed by atoms with Gasteiger partial charge in [-0.3, -0.25) is 9.79 Å². The van der Waals surface area contributed by atoms with Crippen LogP contribution < -0.4 is 11.5 Å². The smallest absolute Gasteiger partial charge is 0.258 e. The fourth-order valence-corrected chi connectivity index (χ4v) is 4.65. The number of aliphatic imine (C=N–C) groups is 2. The van der Waals surface area contributed by atoms with Gasteiger partial charge in [0.05, 0.1) is 11.1 Å². The minimum absolute atomic E-state index is 0.125. The van der Waals surface area contributed by atoms with Crippen LogP contribution in [0.2, 0.25) is 0 Å². The van der Waals surface area contributed by atoms with Crippen LogP contribution in [0.1, 0.15) is 33.6 Å². The Hall–Kier alpha value is -1.70. The second kappa shape index (κ2) is 4.66. The molecular formula is C13H20N4O3S. The van der Waals surface area contributed by atoms with Crippen molar-refractivity contribution >= 4 is 27.4 Å². The number of rotatable bonds is 2. The van der Waals surface area contributed by atoms with Gasteiger partial charge in [-0.05, 0) is 32.8 Å². The van der Waals surface area contributed by atoms with E-state index in [4.69, 9.17) is 11.5 Å². The summed E-state index contributed by atoms with van der Waals surface area (Å²) in [6.07, 6.45) is 3.83. The van der Waals surface area contributed by atoms with E-state index in [1.54, 1.807) is 32.9 Å². The lowest BCUT2D eigenvalue weighted by Crippen LogP contribution is -2.43. The summed E-state index contributed by atoms with van der Waals surface area (Å²) < 4.78 is 25.1. The molecule has 1 aliphatic carbocycles. The van der Waals surface area contributed by atoms with E-state index >= 15 is 0 Å². The Morgan fingerprint density at radius 3 is 2.62 bits per heavy atom. The first kappa shape index (κ1) is 15.7. The SMILES string of the molecule is CCC1(C(=O)N=C(N)N)C=CC2=NC(C)(C)S(=O)(=O)C2C1. The number of sulfone groups is 1. The zero-order valence-electron chi connectivity index (χ0n) is 12.3. The van der Waals surface area contributed by atoms with Crippen LogP contribution in [0.15, 0.2) is 22.1 Å². The van der Waals surface area contributed by atoms with Gasteiger partial charge in [-0.2, -0.15) is 4.99 Å². The van der Waals surface area contributed by atoms with Crippen molar-refractivity contribution in [2.24, 2.45) is 26.9 Å². The molecule has 1 aliphatic heterocycles. The van der Waals surface area contributed by atoms with Crippen LogP contribution in [0.5, 0.6) is 0 Å². The van der Waals surface area contributed by atoms with Crippen molar-refractivity contribution < 1.29 is 13.2 Å². The summed E-state index contributed by atoms with van der Waals surface area (Å²) in [5.74, 6) is -0.837. The van der Waals surface area contributed by atoms with E-state index < -0.39 is 31.3 Å². The largest absolute Gasteiger partial charge is 0.370 e. The monoisotopic (exact) mass is 312 g/mol. The number of hydrogen-bond donors (Lipinski definition) is 2. The van der Waals surface area contributed by atoms with E-state index in [2.05, 4.69) is 9.98 Å². The first-order valence-corrected chi connectivity index (χ1v) is 8.27. The van der Waals surface area contributed by atoms with Crippen molar-refractivity contribution in [2.75, 3.05) is 0 Å². The van der Waals surface area contributed by atoms with E-state index in [9.17, 15) is 13.2 Å². The molecule has 0 saturated carbocycles. The van der Waals surface area contributed by atoms with Crippen LogP contribution >= 0.6 is 0 Å². The van der Waals surface area contributed by atoms with Gasteiger partial charge in [-0.15, -0.1) is 0 Å². The highest BCUT2D eigenvalue weighted by Crippen LogP contribution is 2.43. The van der Waals surface area contributed by atoms with Crippen LogP contribution in [0.3, 0.4) is 0 Å². The fraction of sp³-hybridized carbons (Fsp3) is 0.615.